The van der Waals surface area contributed by atoms with Gasteiger partial charge >= 0.3 is 12.1 Å². The maximum Gasteiger partial charge on any atom is 0.433 e. The van der Waals surface area contributed by atoms with Gasteiger partial charge in [-0.05, 0) is 87.3 Å². The standard InChI is InChI=1S/C38H41ClF4N10O5/c39-28-15-23(48-35(56)34-46-18-24(47-34)14-27-32(49-50-33(27)38(41,42)43)26-3-1-22(44)13-29(26)40)2-4-25(28)36(57)52-9-11-53(12-10-52)37(58)31(21-16-45-17-21)20-5-7-51(8-6-20)19-30(54)55/h1-4,13,15,18,20-21,31,45H,5-12,14,16-17,19,44H2,(H,46,47)(H,48,56)(H,49,50)(H,54,55). The van der Waals surface area contributed by atoms with Gasteiger partial charge in [-0.25, -0.2) is 9.37 Å². The number of nitrogens with two attached hydrogens (primary N) is 1. The van der Waals surface area contributed by atoms with Crippen molar-refractivity contribution in [2.75, 3.05) is 70.0 Å². The number of aliphatic carboxylic acids is 1. The Labute approximate surface area is 334 Å². The van der Waals surface area contributed by atoms with Gasteiger partial charge in [-0.15, -0.1) is 0 Å². The molecule has 15 nitrogen and oxygen atoms in total. The van der Waals surface area contributed by atoms with Crippen molar-refractivity contribution >= 4 is 46.7 Å². The average molecular weight is 829 g/mol. The third kappa shape index (κ3) is 8.80. The van der Waals surface area contributed by atoms with Gasteiger partial charge in [-0.1, -0.05) is 11.6 Å². The number of alkyl halides is 3. The monoisotopic (exact) mass is 828 g/mol. The van der Waals surface area contributed by atoms with Crippen molar-refractivity contribution in [2.45, 2.75) is 25.4 Å². The van der Waals surface area contributed by atoms with Crippen LogP contribution in [0.5, 0.6) is 0 Å². The number of nitrogen functional groups attached to an aromatic ring is 1. The number of carbonyl (C=O) groups is 4. The molecular weight excluding hydrogens is 788 g/mol. The van der Waals surface area contributed by atoms with Gasteiger partial charge in [-0.3, -0.25) is 29.2 Å². The smallest absolute Gasteiger partial charge is 0.433 e. The van der Waals surface area contributed by atoms with Crippen LogP contribution in [0.25, 0.3) is 11.3 Å². The maximum atomic E-state index is 14.7. The number of likely N-dealkylation sites (tertiary alicyclic amines) is 1. The van der Waals surface area contributed by atoms with Gasteiger partial charge < -0.3 is 36.3 Å². The Balaban J connectivity index is 0.955. The highest BCUT2D eigenvalue weighted by Gasteiger charge is 2.42. The predicted octanol–water partition coefficient (Wildman–Crippen LogP) is 3.95. The largest absolute Gasteiger partial charge is 0.480 e. The molecule has 2 aromatic heterocycles. The number of piperazine rings is 1. The van der Waals surface area contributed by atoms with Crippen LogP contribution in [0.4, 0.5) is 28.9 Å². The summed E-state index contributed by atoms with van der Waals surface area (Å²) in [5, 5.41) is 20.8. The topological polar surface area (TPSA) is 206 Å². The second-order valence-corrected chi connectivity index (χ2v) is 15.2. The highest BCUT2D eigenvalue weighted by molar-refractivity contribution is 6.34. The molecule has 1 unspecified atom stereocenters. The number of carboxylic acid groups (broad SMARTS) is 1. The van der Waals surface area contributed by atoms with Crippen LogP contribution >= 0.6 is 11.6 Å². The number of aromatic nitrogens is 4. The Morgan fingerprint density at radius 1 is 0.983 bits per heavy atom. The van der Waals surface area contributed by atoms with Crippen molar-refractivity contribution < 1.29 is 41.8 Å². The first-order chi connectivity index (χ1) is 27.7. The van der Waals surface area contributed by atoms with E-state index in [1.807, 2.05) is 14.9 Å². The Hall–Kier alpha value is -5.53. The van der Waals surface area contributed by atoms with Gasteiger partial charge in [0.15, 0.2) is 5.82 Å². The van der Waals surface area contributed by atoms with Gasteiger partial charge in [0.25, 0.3) is 11.8 Å². The number of aromatic amines is 2. The summed E-state index contributed by atoms with van der Waals surface area (Å²) in [5.74, 6) is -2.75. The molecule has 3 aliphatic heterocycles. The minimum Gasteiger partial charge on any atom is -0.480 e. The zero-order valence-electron chi connectivity index (χ0n) is 31.0. The second-order valence-electron chi connectivity index (χ2n) is 14.8. The van der Waals surface area contributed by atoms with E-state index in [1.165, 1.54) is 36.5 Å². The van der Waals surface area contributed by atoms with Crippen LogP contribution in [0, 0.1) is 23.6 Å². The van der Waals surface area contributed by atoms with Crippen LogP contribution in [-0.4, -0.2) is 123 Å². The van der Waals surface area contributed by atoms with Crippen LogP contribution in [-0.2, 0) is 22.2 Å². The average Bonchev–Trinajstić information content (AvgIpc) is 3.81. The Morgan fingerprint density at radius 2 is 1.69 bits per heavy atom. The molecule has 0 aliphatic carbocycles. The third-order valence-electron chi connectivity index (χ3n) is 11.1. The molecule has 20 heteroatoms. The van der Waals surface area contributed by atoms with Gasteiger partial charge in [0.2, 0.25) is 5.91 Å². The van der Waals surface area contributed by atoms with Crippen LogP contribution in [0.15, 0.2) is 42.6 Å². The number of benzene rings is 2. The van der Waals surface area contributed by atoms with Crippen molar-refractivity contribution in [3.63, 3.8) is 0 Å². The van der Waals surface area contributed by atoms with E-state index in [9.17, 15) is 36.7 Å². The Kier molecular flexibility index (Phi) is 11.7. The molecule has 3 amide bonds. The summed E-state index contributed by atoms with van der Waals surface area (Å²) in [6, 6.07) is 7.89. The molecule has 0 spiro atoms. The minimum atomic E-state index is -4.84. The first-order valence-electron chi connectivity index (χ1n) is 18.7. The van der Waals surface area contributed by atoms with Gasteiger partial charge in [0.05, 0.1) is 22.8 Å². The summed E-state index contributed by atoms with van der Waals surface area (Å²) in [6.45, 7) is 4.09. The molecule has 1 atom stereocenters. The van der Waals surface area contributed by atoms with E-state index in [-0.39, 0.29) is 86.4 Å². The fraction of sp³-hybridized carbons (Fsp3) is 0.421. The van der Waals surface area contributed by atoms with Crippen molar-refractivity contribution in [1.29, 1.82) is 0 Å². The number of amides is 3. The van der Waals surface area contributed by atoms with Crippen molar-refractivity contribution in [1.82, 2.24) is 40.2 Å². The molecule has 5 heterocycles. The molecule has 2 aromatic carbocycles. The lowest BCUT2D eigenvalue weighted by Crippen LogP contribution is -2.58. The number of piperidine rings is 1. The lowest BCUT2D eigenvalue weighted by atomic mass is 9.73. The number of halogens is 5. The van der Waals surface area contributed by atoms with E-state index < -0.39 is 36.0 Å². The molecule has 58 heavy (non-hydrogen) atoms. The molecule has 308 valence electrons. The third-order valence-corrected chi connectivity index (χ3v) is 11.4. The minimum absolute atomic E-state index is 0.00700. The molecule has 0 saturated carbocycles. The summed E-state index contributed by atoms with van der Waals surface area (Å²) in [6.07, 6.45) is -2.57. The summed E-state index contributed by atoms with van der Waals surface area (Å²) in [5.41, 5.74) is 4.20. The van der Waals surface area contributed by atoms with Crippen LogP contribution < -0.4 is 16.4 Å². The highest BCUT2D eigenvalue weighted by Crippen LogP contribution is 2.38. The number of nitrogens with zero attached hydrogens (tertiary/aromatic N) is 5. The SMILES string of the molecule is Nc1ccc(-c2n[nH]c(C(F)(F)F)c2Cc2cnc(C(=O)Nc3ccc(C(=O)N4CCN(C(=O)C(C5CCN(CC(=O)O)CC5)C5CNC5)CC4)c(Cl)c3)[nH]2)c(F)c1. The number of rotatable bonds is 11. The van der Waals surface area contributed by atoms with E-state index in [2.05, 4.69) is 25.7 Å². The number of carboxylic acids is 1. The second kappa shape index (κ2) is 16.8. The number of hydrogen-bond donors (Lipinski definition) is 6. The zero-order valence-corrected chi connectivity index (χ0v) is 31.8. The molecular formula is C38H41ClF4N10O5. The Bertz CT molecular complexity index is 2190. The number of anilines is 2. The lowest BCUT2D eigenvalue weighted by Gasteiger charge is -2.45. The molecule has 0 radical (unpaired) electrons. The lowest BCUT2D eigenvalue weighted by molar-refractivity contribution is -0.144. The number of imidazole rings is 1. The number of hydrogen-bond acceptors (Lipinski definition) is 9. The molecule has 0 bridgehead atoms. The summed E-state index contributed by atoms with van der Waals surface area (Å²) >= 11 is 6.53. The summed E-state index contributed by atoms with van der Waals surface area (Å²) in [7, 11) is 0. The summed E-state index contributed by atoms with van der Waals surface area (Å²) < 4.78 is 56.4. The number of nitrogens with one attached hydrogen (secondary N) is 4. The predicted molar refractivity (Wildman–Crippen MR) is 203 cm³/mol. The van der Waals surface area contributed by atoms with E-state index in [4.69, 9.17) is 22.4 Å². The van der Waals surface area contributed by atoms with Crippen molar-refractivity contribution in [3.05, 3.63) is 81.8 Å². The molecule has 3 aliphatic rings. The van der Waals surface area contributed by atoms with E-state index in [0.29, 0.717) is 39.3 Å². The first-order valence-corrected chi connectivity index (χ1v) is 19.1. The maximum absolute atomic E-state index is 14.7. The van der Waals surface area contributed by atoms with E-state index in [0.717, 1.165) is 32.0 Å². The van der Waals surface area contributed by atoms with Crippen molar-refractivity contribution in [2.24, 2.45) is 17.8 Å². The first kappa shape index (κ1) is 40.7. The molecule has 4 aromatic rings. The highest BCUT2D eigenvalue weighted by atomic mass is 35.5. The van der Waals surface area contributed by atoms with Gasteiger partial charge in [0.1, 0.15) is 11.5 Å². The molecule has 3 fully saturated rings. The van der Waals surface area contributed by atoms with Gasteiger partial charge in [-0.2, -0.15) is 18.3 Å². The fourth-order valence-corrected chi connectivity index (χ4v) is 8.22. The fourth-order valence-electron chi connectivity index (χ4n) is 7.95. The number of H-pyrrole nitrogens is 2. The zero-order chi connectivity index (χ0) is 41.3. The van der Waals surface area contributed by atoms with Crippen molar-refractivity contribution in [3.8, 4) is 11.3 Å². The van der Waals surface area contributed by atoms with Crippen LogP contribution in [0.1, 0.15) is 50.8 Å². The van der Waals surface area contributed by atoms with E-state index >= 15 is 0 Å². The Morgan fingerprint density at radius 3 is 2.31 bits per heavy atom. The van der Waals surface area contributed by atoms with Crippen LogP contribution in [0.3, 0.4) is 0 Å². The molecule has 7 rings (SSSR count). The number of carbonyl (C=O) groups excluding carboxylic acids is 3. The van der Waals surface area contributed by atoms with Gasteiger partial charge in [0, 0.05) is 72.9 Å². The van der Waals surface area contributed by atoms with E-state index in [1.54, 1.807) is 4.90 Å². The molecule has 3 saturated heterocycles. The molecule has 7 N–H and O–H groups in total. The van der Waals surface area contributed by atoms with Crippen LogP contribution in [0.2, 0.25) is 5.02 Å². The normalized spacial score (nSPS) is 17.5. The summed E-state index contributed by atoms with van der Waals surface area (Å²) in [4.78, 5) is 63.8. The quantitative estimate of drug-likeness (QED) is 0.0949.